The molecule has 1 amide bonds. The summed E-state index contributed by atoms with van der Waals surface area (Å²) in [6, 6.07) is 4.19. The molecule has 3 aromatic rings. The van der Waals surface area contributed by atoms with Crippen LogP contribution in [0.5, 0.6) is 0 Å². The van der Waals surface area contributed by atoms with Gasteiger partial charge in [0, 0.05) is 11.4 Å². The van der Waals surface area contributed by atoms with Gasteiger partial charge in [-0.2, -0.15) is 0 Å². The molecule has 0 radical (unpaired) electrons. The third-order valence-corrected chi connectivity index (χ3v) is 7.95. The molecule has 1 aliphatic carbocycles. The first kappa shape index (κ1) is 21.2. The van der Waals surface area contributed by atoms with Gasteiger partial charge in [0.2, 0.25) is 5.91 Å². The van der Waals surface area contributed by atoms with Crippen molar-refractivity contribution in [1.29, 1.82) is 0 Å². The van der Waals surface area contributed by atoms with Gasteiger partial charge in [0.05, 0.1) is 21.6 Å². The first-order valence-electron chi connectivity index (χ1n) is 9.98. The van der Waals surface area contributed by atoms with E-state index in [0.717, 1.165) is 49.0 Å². The number of nitrogens with zero attached hydrogens (tertiary/aromatic N) is 4. The topological polar surface area (TPSA) is 86.7 Å². The lowest BCUT2D eigenvalue weighted by molar-refractivity contribution is -0.121. The fourth-order valence-corrected chi connectivity index (χ4v) is 5.83. The Morgan fingerprint density at radius 2 is 2.12 bits per heavy atom. The molecule has 10 heteroatoms. The second-order valence-corrected chi connectivity index (χ2v) is 9.98. The van der Waals surface area contributed by atoms with Crippen LogP contribution in [0.15, 0.2) is 69.0 Å². The number of allylic oxidation sites excluding steroid dienone is 6. The zero-order valence-corrected chi connectivity index (χ0v) is 19.7. The van der Waals surface area contributed by atoms with Gasteiger partial charge in [-0.1, -0.05) is 18.2 Å². The van der Waals surface area contributed by atoms with Gasteiger partial charge in [-0.3, -0.25) is 4.79 Å². The fourth-order valence-electron chi connectivity index (χ4n) is 3.71. The summed E-state index contributed by atoms with van der Waals surface area (Å²) in [7, 11) is 2.77. The Labute approximate surface area is 194 Å². The lowest BCUT2D eigenvalue weighted by Crippen LogP contribution is -2.24. The van der Waals surface area contributed by atoms with Crippen LogP contribution < -0.4 is 11.0 Å². The number of halogens is 1. The predicted molar refractivity (Wildman–Crippen MR) is 129 cm³/mol. The zero-order valence-electron chi connectivity index (χ0n) is 16.9. The number of aromatic nitrogens is 4. The predicted octanol–water partition coefficient (Wildman–Crippen LogP) is 4.17. The van der Waals surface area contributed by atoms with Crippen molar-refractivity contribution in [2.45, 2.75) is 29.4 Å². The lowest BCUT2D eigenvalue weighted by Gasteiger charge is -2.17. The number of rotatable bonds is 4. The van der Waals surface area contributed by atoms with Crippen LogP contribution in [0.3, 0.4) is 0 Å². The maximum Gasteiger partial charge on any atom is 0.227 e. The second-order valence-electron chi connectivity index (χ2n) is 7.47. The number of amides is 1. The number of carbonyl (C=O) groups is 1. The van der Waals surface area contributed by atoms with Crippen LogP contribution in [0.2, 0.25) is 0 Å². The highest BCUT2D eigenvalue weighted by molar-refractivity contribution is 7.99. The maximum atomic E-state index is 14.3. The molecule has 2 atom stereocenters. The Morgan fingerprint density at radius 1 is 1.25 bits per heavy atom. The number of benzene rings is 1. The molecule has 0 bridgehead atoms. The van der Waals surface area contributed by atoms with Crippen LogP contribution in [0.1, 0.15) is 18.7 Å². The Hall–Kier alpha value is -2.61. The Morgan fingerprint density at radius 3 is 2.94 bits per heavy atom. The molecule has 0 fully saturated rings. The van der Waals surface area contributed by atoms with E-state index in [0.29, 0.717) is 6.54 Å². The van der Waals surface area contributed by atoms with Gasteiger partial charge in [-0.15, -0.1) is 30.8 Å². The molecule has 0 saturated carbocycles. The first-order chi connectivity index (χ1) is 15.5. The van der Waals surface area contributed by atoms with E-state index in [4.69, 9.17) is 5.73 Å². The van der Waals surface area contributed by atoms with Crippen LogP contribution in [0.25, 0.3) is 16.3 Å². The summed E-state index contributed by atoms with van der Waals surface area (Å²) in [5, 5.41) is 10.7. The van der Waals surface area contributed by atoms with E-state index in [9.17, 15) is 9.18 Å². The highest BCUT2D eigenvalue weighted by atomic mass is 32.2. The van der Waals surface area contributed by atoms with E-state index in [-0.39, 0.29) is 6.42 Å². The second kappa shape index (κ2) is 8.73. The van der Waals surface area contributed by atoms with Gasteiger partial charge in [-0.05, 0) is 65.3 Å². The molecule has 2 aromatic heterocycles. The SMILES string of the molecule is NC(=O)C1CC=C(C2=C/CCn3c(nnc3Sc3cc4scnc4cc3P)/C=C\2)C=C1F. The fraction of sp³-hybridized carbons (Fsp3) is 0.182. The summed E-state index contributed by atoms with van der Waals surface area (Å²) in [5.74, 6) is -1.25. The summed E-state index contributed by atoms with van der Waals surface area (Å²) in [4.78, 5) is 16.8. The van der Waals surface area contributed by atoms with Gasteiger partial charge < -0.3 is 10.3 Å². The zero-order chi connectivity index (χ0) is 22.2. The van der Waals surface area contributed by atoms with Crippen LogP contribution in [-0.2, 0) is 11.3 Å². The Bertz CT molecular complexity index is 1350. The van der Waals surface area contributed by atoms with Gasteiger partial charge in [0.15, 0.2) is 11.0 Å². The normalized spacial score (nSPS) is 21.1. The molecule has 0 saturated heterocycles. The highest BCUT2D eigenvalue weighted by Crippen LogP contribution is 2.33. The number of thiazole rings is 1. The van der Waals surface area contributed by atoms with E-state index >= 15 is 0 Å². The third kappa shape index (κ3) is 4.08. The van der Waals surface area contributed by atoms with Gasteiger partial charge in [0.1, 0.15) is 5.83 Å². The average Bonchev–Trinajstić information content (AvgIpc) is 3.34. The minimum absolute atomic E-state index is 0.274. The molecule has 32 heavy (non-hydrogen) atoms. The smallest absolute Gasteiger partial charge is 0.227 e. The number of carbonyl (C=O) groups excluding carboxylic acids is 1. The molecular weight excluding hydrogens is 464 g/mol. The molecule has 2 aliphatic rings. The maximum absolute atomic E-state index is 14.3. The average molecular weight is 484 g/mol. The molecule has 1 aliphatic heterocycles. The van der Waals surface area contributed by atoms with E-state index in [1.807, 2.05) is 23.7 Å². The molecular formula is C22H19FN5OPS2. The summed E-state index contributed by atoms with van der Waals surface area (Å²) in [5.41, 5.74) is 9.76. The monoisotopic (exact) mass is 483 g/mol. The first-order valence-corrected chi connectivity index (χ1v) is 12.3. The van der Waals surface area contributed by atoms with Crippen LogP contribution >= 0.6 is 32.3 Å². The largest absolute Gasteiger partial charge is 0.369 e. The van der Waals surface area contributed by atoms with Gasteiger partial charge in [-0.25, -0.2) is 9.37 Å². The molecule has 2 N–H and O–H groups in total. The molecule has 3 heterocycles. The number of hydrogen-bond acceptors (Lipinski definition) is 6. The van der Waals surface area contributed by atoms with Crippen molar-refractivity contribution >= 4 is 59.8 Å². The van der Waals surface area contributed by atoms with Crippen molar-refractivity contribution in [3.8, 4) is 0 Å². The van der Waals surface area contributed by atoms with Crippen molar-refractivity contribution < 1.29 is 9.18 Å². The minimum Gasteiger partial charge on any atom is -0.369 e. The molecule has 6 nitrogen and oxygen atoms in total. The van der Waals surface area contributed by atoms with E-state index in [1.165, 1.54) is 6.08 Å². The van der Waals surface area contributed by atoms with Crippen LogP contribution in [-0.4, -0.2) is 25.7 Å². The number of primary amides is 1. The standard InChI is InChI=1S/C22H19FN5OPS2/c23-15-8-13(3-5-14(15)21(24)29)12-2-1-7-28-20(6-4-12)26-27-22(28)32-19-10-18-16(9-17(19)30)25-11-31-18/h2-4,6,8-11,14H,1,5,7,30H2,(H2,24,29)/b6-4-,12-2+. The van der Waals surface area contributed by atoms with E-state index in [1.54, 1.807) is 23.1 Å². The highest BCUT2D eigenvalue weighted by Gasteiger charge is 2.24. The number of hydrogen-bond donors (Lipinski definition) is 1. The number of nitrogens with two attached hydrogens (primary N) is 1. The quantitative estimate of drug-likeness (QED) is 0.563. The Balaban J connectivity index is 1.38. The van der Waals surface area contributed by atoms with Crippen LogP contribution in [0, 0.1) is 5.92 Å². The van der Waals surface area contributed by atoms with E-state index < -0.39 is 17.7 Å². The van der Waals surface area contributed by atoms with Crippen LogP contribution in [0.4, 0.5) is 4.39 Å². The minimum atomic E-state index is -0.870. The molecule has 2 unspecified atom stereocenters. The van der Waals surface area contributed by atoms with Crippen molar-refractivity contribution in [3.05, 3.63) is 64.7 Å². The number of fused-ring (bicyclic) bond motifs is 2. The van der Waals surface area contributed by atoms with Crippen molar-refractivity contribution in [3.63, 3.8) is 0 Å². The molecule has 5 rings (SSSR count). The van der Waals surface area contributed by atoms with E-state index in [2.05, 4.69) is 47.2 Å². The summed E-state index contributed by atoms with van der Waals surface area (Å²) < 4.78 is 17.5. The molecule has 0 spiro atoms. The summed E-state index contributed by atoms with van der Waals surface area (Å²) >= 11 is 3.20. The van der Waals surface area contributed by atoms with Crippen molar-refractivity contribution in [2.24, 2.45) is 11.7 Å². The van der Waals surface area contributed by atoms with Crippen molar-refractivity contribution in [1.82, 2.24) is 19.7 Å². The third-order valence-electron chi connectivity index (χ3n) is 5.41. The molecule has 1 aromatic carbocycles. The summed E-state index contributed by atoms with van der Waals surface area (Å²) in [6.45, 7) is 0.705. The van der Waals surface area contributed by atoms with Crippen molar-refractivity contribution in [2.75, 3.05) is 0 Å². The van der Waals surface area contributed by atoms with Gasteiger partial charge in [0.25, 0.3) is 0 Å². The molecule has 162 valence electrons. The lowest BCUT2D eigenvalue weighted by atomic mass is 9.90. The Kier molecular flexibility index (Phi) is 5.80. The van der Waals surface area contributed by atoms with Gasteiger partial charge >= 0.3 is 0 Å². The summed E-state index contributed by atoms with van der Waals surface area (Å²) in [6.07, 6.45) is 10.2.